The summed E-state index contributed by atoms with van der Waals surface area (Å²) in [4.78, 5) is 100. The van der Waals surface area contributed by atoms with E-state index in [-0.39, 0.29) is 80.6 Å². The van der Waals surface area contributed by atoms with Gasteiger partial charge in [-0.2, -0.15) is 0 Å². The van der Waals surface area contributed by atoms with Gasteiger partial charge in [0.1, 0.15) is 46.4 Å². The lowest BCUT2D eigenvalue weighted by Crippen LogP contribution is -2.51. The van der Waals surface area contributed by atoms with Gasteiger partial charge in [0.2, 0.25) is 0 Å². The lowest BCUT2D eigenvalue weighted by atomic mass is 9.78. The molecule has 5 amide bonds. The van der Waals surface area contributed by atoms with E-state index in [2.05, 4.69) is 10.6 Å². The van der Waals surface area contributed by atoms with Crippen LogP contribution in [0.1, 0.15) is 98.3 Å². The first kappa shape index (κ1) is 68.3. The predicted molar refractivity (Wildman–Crippen MR) is 332 cm³/mol. The molecule has 3 heterocycles. The largest absolute Gasteiger partial charge is 0.497 e. The Hall–Kier alpha value is -7.64. The molecule has 24 nitrogen and oxygen atoms in total. The Bertz CT molecular complexity index is 2930. The molecule has 0 bridgehead atoms. The summed E-state index contributed by atoms with van der Waals surface area (Å²) in [5, 5.41) is 32.7. The molecule has 0 spiro atoms. The number of aliphatic hydroxyl groups is 2. The number of amides is 5. The van der Waals surface area contributed by atoms with E-state index in [0.29, 0.717) is 58.3 Å². The van der Waals surface area contributed by atoms with Gasteiger partial charge in [-0.1, -0.05) is 48.5 Å². The summed E-state index contributed by atoms with van der Waals surface area (Å²) >= 11 is 0. The van der Waals surface area contributed by atoms with Crippen LogP contribution in [0.15, 0.2) is 115 Å². The SMILES string of the molecule is COc1ccc(C(O)(c2ccc(OC)cc2)[C@@H]2C[C@@H](OC(=O)NCCC[Si](O)(OC)OC)CN2C(=O)c2cc(C(=O)N3CCCCC3)cc(C(=O)N3C[C@H](OC(=O)NCCC[Si](O)(OC)OC)C[C@H]3C(O)(c3ccc(OC)cc3)c3ccc(OC)cc3)c2)cc1. The molecule has 90 heavy (non-hydrogen) atoms. The number of ether oxygens (including phenoxy) is 6. The number of hydrogen-bond acceptors (Lipinski definition) is 19. The lowest BCUT2D eigenvalue weighted by molar-refractivity contribution is -0.00158. The normalized spacial score (nSPS) is 18.0. The van der Waals surface area contributed by atoms with E-state index in [0.717, 1.165) is 19.3 Å². The minimum atomic E-state index is -3.45. The summed E-state index contributed by atoms with van der Waals surface area (Å²) in [6.45, 7) is 0.439. The second kappa shape index (κ2) is 30.5. The second-order valence-electron chi connectivity index (χ2n) is 22.4. The highest BCUT2D eigenvalue weighted by Gasteiger charge is 2.53. The van der Waals surface area contributed by atoms with Gasteiger partial charge in [0.15, 0.2) is 0 Å². The summed E-state index contributed by atoms with van der Waals surface area (Å²) in [6, 6.07) is 28.8. The minimum absolute atomic E-state index is 0.00639. The first-order chi connectivity index (χ1) is 43.2. The molecule has 3 fully saturated rings. The number of nitrogens with one attached hydrogen (secondary N) is 2. The Morgan fingerprint density at radius 2 is 0.767 bits per heavy atom. The summed E-state index contributed by atoms with van der Waals surface area (Å²) in [7, 11) is 4.50. The number of methoxy groups -OCH3 is 4. The minimum Gasteiger partial charge on any atom is -0.497 e. The first-order valence-corrected chi connectivity index (χ1v) is 33.8. The van der Waals surface area contributed by atoms with Crippen molar-refractivity contribution in [3.8, 4) is 23.0 Å². The van der Waals surface area contributed by atoms with Gasteiger partial charge >= 0.3 is 29.8 Å². The fourth-order valence-electron chi connectivity index (χ4n) is 12.1. The number of carbonyl (C=O) groups is 5. The highest BCUT2D eigenvalue weighted by molar-refractivity contribution is 6.59. The summed E-state index contributed by atoms with van der Waals surface area (Å²) in [5.41, 5.74) is -2.97. The van der Waals surface area contributed by atoms with Crippen LogP contribution in [0.5, 0.6) is 23.0 Å². The third-order valence-corrected chi connectivity index (χ3v) is 21.7. The number of hydrogen-bond donors (Lipinski definition) is 6. The fraction of sp³-hybridized carbons (Fsp3) is 0.453. The molecule has 0 aromatic heterocycles. The Kier molecular flexibility index (Phi) is 23.1. The molecular formula is C64H83N5O19Si2. The van der Waals surface area contributed by atoms with E-state index in [1.807, 2.05) is 0 Å². The van der Waals surface area contributed by atoms with Gasteiger partial charge in [0, 0.05) is 96.2 Å². The van der Waals surface area contributed by atoms with Gasteiger partial charge in [-0.05, 0) is 121 Å². The van der Waals surface area contributed by atoms with Crippen molar-refractivity contribution in [2.75, 3.05) is 96.1 Å². The summed E-state index contributed by atoms with van der Waals surface area (Å²) < 4.78 is 54.9. The average Bonchev–Trinajstić information content (AvgIpc) is 1.47. The Balaban J connectivity index is 1.23. The number of nitrogens with zero attached hydrogens (tertiary/aromatic N) is 3. The van der Waals surface area contributed by atoms with Crippen molar-refractivity contribution in [3.05, 3.63) is 154 Å². The monoisotopic (exact) mass is 1280 g/mol. The maximum Gasteiger partial charge on any atom is 0.497 e. The van der Waals surface area contributed by atoms with E-state index >= 15 is 9.59 Å². The van der Waals surface area contributed by atoms with Gasteiger partial charge in [-0.15, -0.1) is 0 Å². The fourth-order valence-corrected chi connectivity index (χ4v) is 14.5. The van der Waals surface area contributed by atoms with Crippen LogP contribution in [-0.2, 0) is 38.4 Å². The van der Waals surface area contributed by atoms with E-state index in [1.54, 1.807) is 102 Å². The van der Waals surface area contributed by atoms with Crippen molar-refractivity contribution in [1.82, 2.24) is 25.3 Å². The zero-order valence-electron chi connectivity index (χ0n) is 52.1. The highest BCUT2D eigenvalue weighted by atomic mass is 28.4. The quantitative estimate of drug-likeness (QED) is 0.0257. The van der Waals surface area contributed by atoms with Crippen molar-refractivity contribution in [3.63, 3.8) is 0 Å². The molecule has 3 aliphatic heterocycles. The van der Waals surface area contributed by atoms with E-state index in [9.17, 15) is 34.2 Å². The zero-order valence-corrected chi connectivity index (χ0v) is 54.1. The van der Waals surface area contributed by atoms with Crippen LogP contribution < -0.4 is 29.6 Å². The number of benzene rings is 5. The zero-order chi connectivity index (χ0) is 64.8. The number of carbonyl (C=O) groups excluding carboxylic acids is 5. The third-order valence-electron chi connectivity index (χ3n) is 17.2. The van der Waals surface area contributed by atoms with Crippen molar-refractivity contribution in [1.29, 1.82) is 0 Å². The van der Waals surface area contributed by atoms with Crippen LogP contribution in [0.25, 0.3) is 0 Å². The molecule has 0 unspecified atom stereocenters. The van der Waals surface area contributed by atoms with E-state index < -0.39 is 83.0 Å². The van der Waals surface area contributed by atoms with Crippen LogP contribution in [-0.4, -0.2) is 202 Å². The molecule has 8 rings (SSSR count). The molecular weight excluding hydrogens is 1200 g/mol. The molecule has 486 valence electrons. The topological polar surface area (TPSA) is 292 Å². The van der Waals surface area contributed by atoms with Gasteiger partial charge in [-0.25, -0.2) is 9.59 Å². The number of piperidine rings is 1. The number of likely N-dealkylation sites (tertiary alicyclic amines) is 3. The summed E-state index contributed by atoms with van der Waals surface area (Å²) in [6.07, 6.45) is -1.07. The molecule has 3 aliphatic rings. The average molecular weight is 1280 g/mol. The smallest absolute Gasteiger partial charge is 0.497 e. The maximum absolute atomic E-state index is 16.1. The number of alkyl carbamates (subject to hydrolysis) is 2. The van der Waals surface area contributed by atoms with Crippen LogP contribution in [0, 0.1) is 0 Å². The number of rotatable bonds is 27. The van der Waals surface area contributed by atoms with E-state index in [1.165, 1.54) is 84.9 Å². The lowest BCUT2D eigenvalue weighted by Gasteiger charge is -2.40. The van der Waals surface area contributed by atoms with Crippen molar-refractivity contribution < 1.29 is 89.9 Å². The van der Waals surface area contributed by atoms with Gasteiger partial charge in [0.25, 0.3) is 17.7 Å². The third kappa shape index (κ3) is 15.6. The van der Waals surface area contributed by atoms with Gasteiger partial charge in [-0.3, -0.25) is 14.4 Å². The molecule has 5 aromatic carbocycles. The van der Waals surface area contributed by atoms with Crippen molar-refractivity contribution >= 4 is 47.5 Å². The van der Waals surface area contributed by atoms with Crippen LogP contribution in [0.4, 0.5) is 9.59 Å². The Morgan fingerprint density at radius 1 is 0.467 bits per heavy atom. The molecule has 26 heteroatoms. The Morgan fingerprint density at radius 3 is 1.06 bits per heavy atom. The summed E-state index contributed by atoms with van der Waals surface area (Å²) in [5.74, 6) is 0.0354. The second-order valence-corrected chi connectivity index (χ2v) is 27.9. The van der Waals surface area contributed by atoms with Gasteiger partial charge < -0.3 is 91.3 Å². The van der Waals surface area contributed by atoms with Crippen LogP contribution in [0.2, 0.25) is 12.1 Å². The molecule has 4 atom stereocenters. The Labute approximate surface area is 526 Å². The molecule has 0 saturated carbocycles. The molecule has 6 N–H and O–H groups in total. The first-order valence-electron chi connectivity index (χ1n) is 29.9. The van der Waals surface area contributed by atoms with Gasteiger partial charge in [0.05, 0.1) is 53.6 Å². The van der Waals surface area contributed by atoms with Crippen molar-refractivity contribution in [2.45, 2.75) is 92.5 Å². The van der Waals surface area contributed by atoms with Crippen LogP contribution >= 0.6 is 0 Å². The standard InChI is InChI=1S/C64H83N5O19Si2/c1-79-50-22-14-46(15-23-50)63(75,47-16-24-51(80-2)25-17-47)56-39-54(87-61(73)65-30-12-34-89(77,83-5)84-6)41-68(56)59(71)44-36-43(58(70)67-32-10-9-11-33-67)37-45(38-44)60(72)69-42-55(88-62(74)66-31-13-35-90(78,85-7)86-8)40-57(69)64(76,48-18-26-52(81-3)27-19-48)49-20-28-53(82-4)29-21-49/h14-29,36-38,54-57,75-78H,9-13,30-35,39-42H2,1-8H3,(H,65,73)(H,66,74)/t54-,55-,56+,57+/m1/s1. The predicted octanol–water partition coefficient (Wildman–Crippen LogP) is 6.07. The molecule has 0 radical (unpaired) electrons. The van der Waals surface area contributed by atoms with Crippen LogP contribution in [0.3, 0.4) is 0 Å². The maximum atomic E-state index is 16.1. The van der Waals surface area contributed by atoms with E-state index in [4.69, 9.17) is 46.1 Å². The van der Waals surface area contributed by atoms with Crippen molar-refractivity contribution in [2.24, 2.45) is 0 Å². The molecule has 5 aromatic rings. The molecule has 3 saturated heterocycles. The molecule has 0 aliphatic carbocycles. The highest BCUT2D eigenvalue weighted by Crippen LogP contribution is 2.45.